The minimum absolute atomic E-state index is 0.217. The van der Waals surface area contributed by atoms with Crippen molar-refractivity contribution in [3.05, 3.63) is 0 Å². The van der Waals surface area contributed by atoms with Gasteiger partial charge in [0.25, 0.3) is 0 Å². The largest absolute Gasteiger partial charge is 0.334 e. The molecule has 0 spiro atoms. The van der Waals surface area contributed by atoms with Crippen LogP contribution in [-0.2, 0) is 4.79 Å². The van der Waals surface area contributed by atoms with Crippen LogP contribution >= 0.6 is 0 Å². The number of amides is 1. The Balaban J connectivity index is 2.34. The van der Waals surface area contributed by atoms with Crippen LogP contribution < -0.4 is 0 Å². The fourth-order valence-electron chi connectivity index (χ4n) is 1.18. The van der Waals surface area contributed by atoms with E-state index in [-0.39, 0.29) is 11.8 Å². The van der Waals surface area contributed by atoms with Crippen LogP contribution in [0.25, 0.3) is 0 Å². The molecular weight excluding hydrogens is 138 g/mol. The summed E-state index contributed by atoms with van der Waals surface area (Å²) in [7, 11) is 1.76. The number of terminal acetylenes is 1. The van der Waals surface area contributed by atoms with Crippen molar-refractivity contribution in [2.75, 3.05) is 13.6 Å². The standard InChI is InChI=1S/C9H13NO/c1-3-7-10(2)9(11)8-5-4-6-8/h1,8H,4-7H2,2H3. The second-order valence-corrected chi connectivity index (χ2v) is 3.03. The van der Waals surface area contributed by atoms with Crippen molar-refractivity contribution in [3.8, 4) is 12.3 Å². The van der Waals surface area contributed by atoms with Crippen LogP contribution in [0.1, 0.15) is 19.3 Å². The molecule has 1 aliphatic carbocycles. The summed E-state index contributed by atoms with van der Waals surface area (Å²) in [5, 5.41) is 0. The van der Waals surface area contributed by atoms with Gasteiger partial charge in [0.05, 0.1) is 6.54 Å². The highest BCUT2D eigenvalue weighted by Gasteiger charge is 2.27. The molecule has 0 aromatic heterocycles. The molecule has 11 heavy (non-hydrogen) atoms. The van der Waals surface area contributed by atoms with Crippen molar-refractivity contribution in [3.63, 3.8) is 0 Å². The van der Waals surface area contributed by atoms with Gasteiger partial charge in [0, 0.05) is 13.0 Å². The molecule has 1 fully saturated rings. The molecule has 1 saturated carbocycles. The molecule has 60 valence electrons. The van der Waals surface area contributed by atoms with E-state index < -0.39 is 0 Å². The van der Waals surface area contributed by atoms with Crippen molar-refractivity contribution in [2.45, 2.75) is 19.3 Å². The first-order valence-electron chi connectivity index (χ1n) is 3.94. The second kappa shape index (κ2) is 3.43. The lowest BCUT2D eigenvalue weighted by Crippen LogP contribution is -2.36. The number of hydrogen-bond acceptors (Lipinski definition) is 1. The van der Waals surface area contributed by atoms with Crippen molar-refractivity contribution in [2.24, 2.45) is 5.92 Å². The van der Waals surface area contributed by atoms with E-state index in [9.17, 15) is 4.79 Å². The van der Waals surface area contributed by atoms with Crippen LogP contribution in [0.3, 0.4) is 0 Å². The topological polar surface area (TPSA) is 20.3 Å². The Labute approximate surface area is 67.6 Å². The smallest absolute Gasteiger partial charge is 0.226 e. The predicted molar refractivity (Wildman–Crippen MR) is 43.8 cm³/mol. The molecule has 0 bridgehead atoms. The zero-order valence-corrected chi connectivity index (χ0v) is 6.84. The molecule has 0 radical (unpaired) electrons. The van der Waals surface area contributed by atoms with Gasteiger partial charge >= 0.3 is 0 Å². The Morgan fingerprint density at radius 3 is 2.73 bits per heavy atom. The first-order chi connectivity index (χ1) is 5.25. The van der Waals surface area contributed by atoms with Crippen LogP contribution in [0.4, 0.5) is 0 Å². The van der Waals surface area contributed by atoms with Gasteiger partial charge in [-0.3, -0.25) is 4.79 Å². The van der Waals surface area contributed by atoms with E-state index in [0.29, 0.717) is 6.54 Å². The third-order valence-electron chi connectivity index (χ3n) is 2.16. The summed E-state index contributed by atoms with van der Waals surface area (Å²) < 4.78 is 0. The number of hydrogen-bond donors (Lipinski definition) is 0. The third kappa shape index (κ3) is 1.74. The highest BCUT2D eigenvalue weighted by Crippen LogP contribution is 2.27. The van der Waals surface area contributed by atoms with Crippen LogP contribution in [0.5, 0.6) is 0 Å². The van der Waals surface area contributed by atoms with E-state index in [1.54, 1.807) is 11.9 Å². The van der Waals surface area contributed by atoms with E-state index >= 15 is 0 Å². The van der Waals surface area contributed by atoms with Crippen LogP contribution in [0.2, 0.25) is 0 Å². The molecule has 1 amide bonds. The van der Waals surface area contributed by atoms with Gasteiger partial charge < -0.3 is 4.90 Å². The molecular formula is C9H13NO. The molecule has 2 heteroatoms. The van der Waals surface area contributed by atoms with E-state index in [1.807, 2.05) is 0 Å². The maximum absolute atomic E-state index is 11.3. The van der Waals surface area contributed by atoms with Gasteiger partial charge in [0.1, 0.15) is 0 Å². The van der Waals surface area contributed by atoms with Gasteiger partial charge in [-0.25, -0.2) is 0 Å². The molecule has 1 aliphatic rings. The molecule has 0 aliphatic heterocycles. The van der Waals surface area contributed by atoms with Crippen molar-refractivity contribution in [1.82, 2.24) is 4.90 Å². The van der Waals surface area contributed by atoms with Crippen molar-refractivity contribution >= 4 is 5.91 Å². The maximum Gasteiger partial charge on any atom is 0.226 e. The Morgan fingerprint density at radius 2 is 2.36 bits per heavy atom. The first-order valence-corrected chi connectivity index (χ1v) is 3.94. The Kier molecular flexibility index (Phi) is 2.53. The second-order valence-electron chi connectivity index (χ2n) is 3.03. The summed E-state index contributed by atoms with van der Waals surface area (Å²) in [5.74, 6) is 2.94. The minimum atomic E-state index is 0.217. The quantitative estimate of drug-likeness (QED) is 0.536. The number of carbonyl (C=O) groups is 1. The van der Waals surface area contributed by atoms with Gasteiger partial charge in [-0.1, -0.05) is 12.3 Å². The highest BCUT2D eigenvalue weighted by molar-refractivity contribution is 5.79. The van der Waals surface area contributed by atoms with E-state index in [1.165, 1.54) is 6.42 Å². The monoisotopic (exact) mass is 151 g/mol. The molecule has 0 N–H and O–H groups in total. The number of carbonyl (C=O) groups excluding carboxylic acids is 1. The summed E-state index contributed by atoms with van der Waals surface area (Å²) in [6.07, 6.45) is 8.38. The summed E-state index contributed by atoms with van der Waals surface area (Å²) in [6, 6.07) is 0. The minimum Gasteiger partial charge on any atom is -0.334 e. The molecule has 0 atom stereocenters. The third-order valence-corrected chi connectivity index (χ3v) is 2.16. The lowest BCUT2D eigenvalue weighted by atomic mass is 9.84. The van der Waals surface area contributed by atoms with E-state index in [4.69, 9.17) is 6.42 Å². The molecule has 2 nitrogen and oxygen atoms in total. The zero-order valence-electron chi connectivity index (χ0n) is 6.84. The molecule has 0 saturated heterocycles. The molecule has 1 rings (SSSR count). The van der Waals surface area contributed by atoms with Gasteiger partial charge in [-0.2, -0.15) is 0 Å². The Morgan fingerprint density at radius 1 is 1.73 bits per heavy atom. The van der Waals surface area contributed by atoms with Crippen LogP contribution in [0.15, 0.2) is 0 Å². The lowest BCUT2D eigenvalue weighted by Gasteiger charge is -2.28. The Bertz CT molecular complexity index is 188. The summed E-state index contributed by atoms with van der Waals surface area (Å²) in [5.41, 5.74) is 0. The van der Waals surface area contributed by atoms with Gasteiger partial charge in [0.2, 0.25) is 5.91 Å². The summed E-state index contributed by atoms with van der Waals surface area (Å²) in [4.78, 5) is 13.0. The fourth-order valence-corrected chi connectivity index (χ4v) is 1.18. The SMILES string of the molecule is C#CCN(C)C(=O)C1CCC1. The van der Waals surface area contributed by atoms with Gasteiger partial charge in [0.15, 0.2) is 0 Å². The normalized spacial score (nSPS) is 16.7. The molecule has 0 heterocycles. The predicted octanol–water partition coefficient (Wildman–Crippen LogP) is 0.878. The van der Waals surface area contributed by atoms with Crippen LogP contribution in [-0.4, -0.2) is 24.4 Å². The van der Waals surface area contributed by atoms with Gasteiger partial charge in [-0.15, -0.1) is 6.42 Å². The zero-order chi connectivity index (χ0) is 8.27. The average Bonchev–Trinajstić information content (AvgIpc) is 1.84. The number of rotatable bonds is 2. The Hall–Kier alpha value is -0.970. The first kappa shape index (κ1) is 8.13. The van der Waals surface area contributed by atoms with E-state index in [2.05, 4.69) is 5.92 Å². The highest BCUT2D eigenvalue weighted by atomic mass is 16.2. The van der Waals surface area contributed by atoms with Crippen molar-refractivity contribution in [1.29, 1.82) is 0 Å². The summed E-state index contributed by atoms with van der Waals surface area (Å²) >= 11 is 0. The maximum atomic E-state index is 11.3. The summed E-state index contributed by atoms with van der Waals surface area (Å²) in [6.45, 7) is 0.440. The number of nitrogens with zero attached hydrogens (tertiary/aromatic N) is 1. The van der Waals surface area contributed by atoms with E-state index in [0.717, 1.165) is 12.8 Å². The fraction of sp³-hybridized carbons (Fsp3) is 0.667. The molecule has 0 aromatic rings. The molecule has 0 aromatic carbocycles. The lowest BCUT2D eigenvalue weighted by molar-refractivity contribution is -0.136. The molecule has 0 unspecified atom stereocenters. The average molecular weight is 151 g/mol. The van der Waals surface area contributed by atoms with Crippen LogP contribution in [0, 0.1) is 18.3 Å². The van der Waals surface area contributed by atoms with Gasteiger partial charge in [-0.05, 0) is 12.8 Å². The van der Waals surface area contributed by atoms with Crippen molar-refractivity contribution < 1.29 is 4.79 Å².